The van der Waals surface area contributed by atoms with E-state index in [1.165, 1.54) is 6.20 Å². The molecule has 1 aliphatic carbocycles. The van der Waals surface area contributed by atoms with Crippen molar-refractivity contribution in [1.82, 2.24) is 4.98 Å². The summed E-state index contributed by atoms with van der Waals surface area (Å²) in [7, 11) is 0. The number of nitrogens with two attached hydrogens (primary N) is 2. The lowest BCUT2D eigenvalue weighted by molar-refractivity contribution is 0.0994. The predicted molar refractivity (Wildman–Crippen MR) is 83.6 cm³/mol. The third-order valence-electron chi connectivity index (χ3n) is 2.73. The highest BCUT2D eigenvalue weighted by molar-refractivity contribution is 5.92. The smallest absolute Gasteiger partial charge is 0.267 e. The van der Waals surface area contributed by atoms with Crippen LogP contribution < -0.4 is 16.2 Å². The second kappa shape index (κ2) is 7.89. The number of carbonyl (C=O) groups excluding carboxylic acids is 1. The van der Waals surface area contributed by atoms with E-state index in [9.17, 15) is 4.79 Å². The van der Waals surface area contributed by atoms with Crippen LogP contribution in [0.2, 0.25) is 0 Å². The third-order valence-corrected chi connectivity index (χ3v) is 2.73. The van der Waals surface area contributed by atoms with E-state index < -0.39 is 5.91 Å². The van der Waals surface area contributed by atoms with Crippen molar-refractivity contribution < 1.29 is 9.53 Å². The van der Waals surface area contributed by atoms with E-state index in [0.29, 0.717) is 29.2 Å². The summed E-state index contributed by atoms with van der Waals surface area (Å²) in [6, 6.07) is 1.69. The Kier molecular flexibility index (Phi) is 6.20. The molecule has 21 heavy (non-hydrogen) atoms. The number of nitrogens with zero attached hydrogens (tertiary/aromatic N) is 1. The molecule has 0 saturated carbocycles. The number of primary amides is 1. The average Bonchev–Trinajstić information content (AvgIpc) is 2.68. The molecule has 1 heterocycles. The molecule has 0 bridgehead atoms. The predicted octanol–water partition coefficient (Wildman–Crippen LogP) is 2.58. The van der Waals surface area contributed by atoms with Gasteiger partial charge in [-0.05, 0) is 37.6 Å². The van der Waals surface area contributed by atoms with Gasteiger partial charge >= 0.3 is 0 Å². The summed E-state index contributed by atoms with van der Waals surface area (Å²) in [4.78, 5) is 15.2. The van der Waals surface area contributed by atoms with Crippen LogP contribution in [0.25, 0.3) is 0 Å². The Labute approximate surface area is 125 Å². The third kappa shape index (κ3) is 4.49. The number of rotatable bonds is 3. The van der Waals surface area contributed by atoms with Crippen LogP contribution >= 0.6 is 0 Å². The molecule has 0 radical (unpaired) electrons. The quantitative estimate of drug-likeness (QED) is 0.893. The van der Waals surface area contributed by atoms with E-state index in [1.54, 1.807) is 25.1 Å². The molecule has 1 aliphatic rings. The van der Waals surface area contributed by atoms with Crippen LogP contribution in [0.5, 0.6) is 5.75 Å². The molecule has 0 fully saturated rings. The Morgan fingerprint density at radius 2 is 2.00 bits per heavy atom. The SMILES string of the molecule is CC.Cc1c(OC2=CCC=C(N)C=C2)ccnc1C(N)=O. The van der Waals surface area contributed by atoms with Gasteiger partial charge in [-0.3, -0.25) is 9.78 Å². The standard InChI is InChI=1S/C14H15N3O2.C2H6/c1-9-12(7-8-17-13(9)14(16)18)19-11-4-2-3-10(15)5-6-11;1-2/h3-8H,2,15H2,1H3,(H2,16,18);1-2H3. The second-order valence-corrected chi connectivity index (χ2v) is 4.13. The fraction of sp³-hybridized carbons (Fsp3) is 0.250. The van der Waals surface area contributed by atoms with E-state index in [1.807, 2.05) is 26.0 Å². The number of ether oxygens (including phenoxy) is 1. The highest BCUT2D eigenvalue weighted by Gasteiger charge is 2.12. The Bertz CT molecular complexity index is 602. The molecule has 112 valence electrons. The summed E-state index contributed by atoms with van der Waals surface area (Å²) in [5.41, 5.74) is 12.5. The van der Waals surface area contributed by atoms with Gasteiger partial charge in [0.15, 0.2) is 0 Å². The summed E-state index contributed by atoms with van der Waals surface area (Å²) < 4.78 is 5.74. The number of amides is 1. The molecule has 5 heteroatoms. The van der Waals surface area contributed by atoms with Gasteiger partial charge in [0.25, 0.3) is 5.91 Å². The van der Waals surface area contributed by atoms with Crippen LogP contribution in [0.3, 0.4) is 0 Å². The lowest BCUT2D eigenvalue weighted by Gasteiger charge is -2.10. The maximum Gasteiger partial charge on any atom is 0.267 e. The van der Waals surface area contributed by atoms with Gasteiger partial charge in [0.1, 0.15) is 17.2 Å². The minimum absolute atomic E-state index is 0.216. The molecular weight excluding hydrogens is 266 g/mol. The molecule has 1 amide bonds. The number of hydrogen-bond donors (Lipinski definition) is 2. The van der Waals surface area contributed by atoms with Gasteiger partial charge in [-0.2, -0.15) is 0 Å². The monoisotopic (exact) mass is 287 g/mol. The summed E-state index contributed by atoms with van der Waals surface area (Å²) >= 11 is 0. The normalized spacial score (nSPS) is 13.3. The summed E-state index contributed by atoms with van der Waals surface area (Å²) in [6.45, 7) is 5.75. The van der Waals surface area contributed by atoms with Crippen LogP contribution in [-0.4, -0.2) is 10.9 Å². The van der Waals surface area contributed by atoms with Crippen molar-refractivity contribution in [3.05, 3.63) is 59.3 Å². The Balaban J connectivity index is 0.00000106. The number of hydrogen-bond acceptors (Lipinski definition) is 4. The zero-order chi connectivity index (χ0) is 15.8. The molecule has 1 aromatic rings. The van der Waals surface area contributed by atoms with E-state index in [4.69, 9.17) is 16.2 Å². The van der Waals surface area contributed by atoms with Gasteiger partial charge in [-0.15, -0.1) is 0 Å². The van der Waals surface area contributed by atoms with E-state index in [-0.39, 0.29) is 5.69 Å². The largest absolute Gasteiger partial charge is 0.457 e. The first-order valence-corrected chi connectivity index (χ1v) is 6.85. The molecule has 0 unspecified atom stereocenters. The molecular formula is C16H21N3O2. The van der Waals surface area contributed by atoms with Gasteiger partial charge in [0.2, 0.25) is 0 Å². The second-order valence-electron chi connectivity index (χ2n) is 4.13. The molecule has 0 saturated heterocycles. The minimum atomic E-state index is -0.570. The fourth-order valence-electron chi connectivity index (χ4n) is 1.71. The first kappa shape index (κ1) is 16.5. The molecule has 5 nitrogen and oxygen atoms in total. The Morgan fingerprint density at radius 3 is 2.67 bits per heavy atom. The van der Waals surface area contributed by atoms with Gasteiger partial charge in [-0.25, -0.2) is 0 Å². The highest BCUT2D eigenvalue weighted by atomic mass is 16.5. The van der Waals surface area contributed by atoms with E-state index in [0.717, 1.165) is 0 Å². The van der Waals surface area contributed by atoms with Gasteiger partial charge in [0, 0.05) is 17.5 Å². The van der Waals surface area contributed by atoms with Gasteiger partial charge in [-0.1, -0.05) is 19.9 Å². The van der Waals surface area contributed by atoms with Crippen LogP contribution in [0, 0.1) is 6.92 Å². The highest BCUT2D eigenvalue weighted by Crippen LogP contribution is 2.22. The first-order chi connectivity index (χ1) is 10.1. The van der Waals surface area contributed by atoms with Gasteiger partial charge < -0.3 is 16.2 Å². The van der Waals surface area contributed by atoms with Crippen molar-refractivity contribution in [2.45, 2.75) is 27.2 Å². The Morgan fingerprint density at radius 1 is 1.29 bits per heavy atom. The zero-order valence-corrected chi connectivity index (χ0v) is 12.6. The van der Waals surface area contributed by atoms with Crippen LogP contribution in [0.15, 0.2) is 48.0 Å². The maximum atomic E-state index is 11.2. The average molecular weight is 287 g/mol. The number of aromatic nitrogens is 1. The molecule has 2 rings (SSSR count). The molecule has 0 aliphatic heterocycles. The van der Waals surface area contributed by atoms with Crippen LogP contribution in [-0.2, 0) is 0 Å². The molecule has 0 aromatic carbocycles. The number of allylic oxidation sites excluding steroid dienone is 4. The summed E-state index contributed by atoms with van der Waals surface area (Å²) in [5, 5.41) is 0. The molecule has 0 spiro atoms. The maximum absolute atomic E-state index is 11.2. The van der Waals surface area contributed by atoms with Crippen molar-refractivity contribution >= 4 is 5.91 Å². The van der Waals surface area contributed by atoms with Gasteiger partial charge in [0.05, 0.1) is 0 Å². The van der Waals surface area contributed by atoms with Crippen LogP contribution in [0.1, 0.15) is 36.3 Å². The van der Waals surface area contributed by atoms with Crippen molar-refractivity contribution in [2.75, 3.05) is 0 Å². The Hall–Kier alpha value is -2.56. The van der Waals surface area contributed by atoms with Crippen molar-refractivity contribution in [1.29, 1.82) is 0 Å². The topological polar surface area (TPSA) is 91.2 Å². The van der Waals surface area contributed by atoms with Crippen molar-refractivity contribution in [3.63, 3.8) is 0 Å². The minimum Gasteiger partial charge on any atom is -0.457 e. The van der Waals surface area contributed by atoms with Crippen molar-refractivity contribution in [2.24, 2.45) is 11.5 Å². The summed E-state index contributed by atoms with van der Waals surface area (Å²) in [6.07, 6.45) is 9.53. The number of pyridine rings is 1. The van der Waals surface area contributed by atoms with Crippen LogP contribution in [0.4, 0.5) is 0 Å². The molecule has 4 N–H and O–H groups in total. The lowest BCUT2D eigenvalue weighted by Crippen LogP contribution is -2.15. The van der Waals surface area contributed by atoms with E-state index >= 15 is 0 Å². The summed E-state index contributed by atoms with van der Waals surface area (Å²) in [5.74, 6) is 0.654. The molecule has 0 atom stereocenters. The number of carbonyl (C=O) groups is 1. The zero-order valence-electron chi connectivity index (χ0n) is 12.6. The molecule has 1 aromatic heterocycles. The van der Waals surface area contributed by atoms with E-state index in [2.05, 4.69) is 4.98 Å². The van der Waals surface area contributed by atoms with Crippen molar-refractivity contribution in [3.8, 4) is 5.75 Å². The first-order valence-electron chi connectivity index (χ1n) is 6.85. The lowest BCUT2D eigenvalue weighted by atomic mass is 10.2. The fourth-order valence-corrected chi connectivity index (χ4v) is 1.71.